The maximum atomic E-state index is 11.8. The van der Waals surface area contributed by atoms with E-state index in [1.807, 2.05) is 118 Å². The van der Waals surface area contributed by atoms with E-state index >= 15 is 0 Å². The molecule has 2 amide bonds. The number of ether oxygens (including phenoxy) is 2. The molecule has 2 heterocycles. The van der Waals surface area contributed by atoms with Gasteiger partial charge in [0.05, 0.1) is 21.2 Å². The van der Waals surface area contributed by atoms with Crippen LogP contribution in [0, 0.1) is 20.2 Å². The lowest BCUT2D eigenvalue weighted by molar-refractivity contribution is -0.384. The summed E-state index contributed by atoms with van der Waals surface area (Å²) in [6.07, 6.45) is -0.886. The molecule has 328 valence electrons. The van der Waals surface area contributed by atoms with E-state index in [1.54, 1.807) is 45.0 Å². The van der Waals surface area contributed by atoms with Crippen molar-refractivity contribution in [3.8, 4) is 22.5 Å². The van der Waals surface area contributed by atoms with Crippen LogP contribution in [0.2, 0.25) is 0 Å². The lowest BCUT2D eigenvalue weighted by atomic mass is 10.1. The average molecular weight is 922 g/mol. The highest BCUT2D eigenvalue weighted by molar-refractivity contribution is 9.10. The van der Waals surface area contributed by atoms with Crippen LogP contribution in [0.3, 0.4) is 0 Å². The second kappa shape index (κ2) is 22.4. The van der Waals surface area contributed by atoms with Crippen molar-refractivity contribution in [2.75, 3.05) is 11.1 Å². The predicted octanol–water partition coefficient (Wildman–Crippen LogP) is 11.1. The molecule has 0 unspecified atom stereocenters. The number of pyridine rings is 2. The zero-order valence-corrected chi connectivity index (χ0v) is 37.2. The van der Waals surface area contributed by atoms with Crippen LogP contribution in [0.1, 0.15) is 52.7 Å². The Hall–Kier alpha value is -7.40. The van der Waals surface area contributed by atoms with E-state index in [0.717, 1.165) is 26.7 Å². The SMILES string of the molecule is CC(C)(C)OC(=O)NCc1ccc(Br)cc1.CC(C)(C)OC(=O)NCc1ccc(Nc2nc(-c3ccccc3)ccc2[N+](=O)[O-])cc1.Nc1nc(-c2ccccc2)ccc1[N+](=O)[O-]. The van der Waals surface area contributed by atoms with Gasteiger partial charge in [0.1, 0.15) is 11.2 Å². The Morgan fingerprint density at radius 1 is 0.603 bits per heavy atom. The van der Waals surface area contributed by atoms with E-state index in [1.165, 1.54) is 12.1 Å². The molecular formula is C46H49BrN8O8. The molecule has 0 radical (unpaired) electrons. The molecule has 0 bridgehead atoms. The molecule has 16 nitrogen and oxygen atoms in total. The van der Waals surface area contributed by atoms with Gasteiger partial charge in [0.15, 0.2) is 0 Å². The zero-order valence-electron chi connectivity index (χ0n) is 35.6. The lowest BCUT2D eigenvalue weighted by Crippen LogP contribution is -2.32. The fraction of sp³-hybridized carbons (Fsp3) is 0.217. The zero-order chi connectivity index (χ0) is 46.2. The fourth-order valence-electron chi connectivity index (χ4n) is 5.27. The maximum absolute atomic E-state index is 11.8. The van der Waals surface area contributed by atoms with Crippen molar-refractivity contribution < 1.29 is 28.9 Å². The Bertz CT molecular complexity index is 2460. The minimum atomic E-state index is -0.562. The number of benzene rings is 4. The number of nitrogens with zero attached hydrogens (tertiary/aromatic N) is 4. The minimum absolute atomic E-state index is 0.0636. The van der Waals surface area contributed by atoms with Crippen molar-refractivity contribution in [1.29, 1.82) is 0 Å². The number of nitro groups is 2. The molecule has 63 heavy (non-hydrogen) atoms. The summed E-state index contributed by atoms with van der Waals surface area (Å²) < 4.78 is 11.4. The van der Waals surface area contributed by atoms with Gasteiger partial charge in [-0.3, -0.25) is 20.2 Å². The molecule has 17 heteroatoms. The highest BCUT2D eigenvalue weighted by Gasteiger charge is 2.19. The Labute approximate surface area is 373 Å². The molecule has 0 aliphatic heterocycles. The van der Waals surface area contributed by atoms with Gasteiger partial charge in [0.2, 0.25) is 11.6 Å². The summed E-state index contributed by atoms with van der Waals surface area (Å²) in [6.45, 7) is 11.7. The molecule has 0 atom stereocenters. The van der Waals surface area contributed by atoms with E-state index in [-0.39, 0.29) is 23.0 Å². The highest BCUT2D eigenvalue weighted by Crippen LogP contribution is 2.30. The van der Waals surface area contributed by atoms with Crippen molar-refractivity contribution >= 4 is 56.8 Å². The number of carbonyl (C=O) groups excluding carboxylic acids is 2. The number of anilines is 3. The van der Waals surface area contributed by atoms with Crippen LogP contribution in [-0.4, -0.2) is 43.2 Å². The molecule has 6 aromatic rings. The van der Waals surface area contributed by atoms with Crippen molar-refractivity contribution in [2.45, 2.75) is 65.8 Å². The number of aromatic nitrogens is 2. The van der Waals surface area contributed by atoms with Crippen LogP contribution in [-0.2, 0) is 22.6 Å². The van der Waals surface area contributed by atoms with Gasteiger partial charge in [0, 0.05) is 46.5 Å². The van der Waals surface area contributed by atoms with Crippen LogP contribution in [0.25, 0.3) is 22.5 Å². The number of nitrogens with two attached hydrogens (primary N) is 1. The van der Waals surface area contributed by atoms with E-state index < -0.39 is 33.2 Å². The van der Waals surface area contributed by atoms with Gasteiger partial charge in [-0.2, -0.15) is 0 Å². The quantitative estimate of drug-likeness (QED) is 0.0743. The Balaban J connectivity index is 0.000000229. The van der Waals surface area contributed by atoms with Crippen LogP contribution >= 0.6 is 15.9 Å². The number of amides is 2. The van der Waals surface area contributed by atoms with Gasteiger partial charge in [-0.05, 0) is 89.1 Å². The monoisotopic (exact) mass is 920 g/mol. The summed E-state index contributed by atoms with van der Waals surface area (Å²) in [6, 6.07) is 39.8. The summed E-state index contributed by atoms with van der Waals surface area (Å²) in [7, 11) is 0. The van der Waals surface area contributed by atoms with Crippen molar-refractivity contribution in [1.82, 2.24) is 20.6 Å². The first-order chi connectivity index (χ1) is 29.8. The Morgan fingerprint density at radius 2 is 1.02 bits per heavy atom. The summed E-state index contributed by atoms with van der Waals surface area (Å²) in [5, 5.41) is 30.4. The number of rotatable bonds is 10. The van der Waals surface area contributed by atoms with Crippen LogP contribution in [0.15, 0.2) is 138 Å². The van der Waals surface area contributed by atoms with E-state index in [0.29, 0.717) is 30.2 Å². The molecule has 0 aliphatic carbocycles. The normalized spacial score (nSPS) is 10.7. The number of hydrogen-bond acceptors (Lipinski definition) is 12. The second-order valence-corrected chi connectivity index (χ2v) is 16.5. The topological polar surface area (TPSA) is 227 Å². The first-order valence-electron chi connectivity index (χ1n) is 19.5. The van der Waals surface area contributed by atoms with Crippen LogP contribution in [0.5, 0.6) is 0 Å². The first-order valence-corrected chi connectivity index (χ1v) is 20.3. The van der Waals surface area contributed by atoms with Gasteiger partial charge in [-0.15, -0.1) is 0 Å². The number of nitrogens with one attached hydrogen (secondary N) is 3. The number of carbonyl (C=O) groups is 2. The summed E-state index contributed by atoms with van der Waals surface area (Å²) in [4.78, 5) is 52.6. The first kappa shape index (κ1) is 48.3. The third-order valence-electron chi connectivity index (χ3n) is 8.11. The van der Waals surface area contributed by atoms with Crippen molar-refractivity contribution in [3.05, 3.63) is 169 Å². The summed E-state index contributed by atoms with van der Waals surface area (Å²) in [5.41, 5.74) is 9.75. The molecular weight excluding hydrogens is 872 g/mol. The smallest absolute Gasteiger partial charge is 0.407 e. The lowest BCUT2D eigenvalue weighted by Gasteiger charge is -2.19. The van der Waals surface area contributed by atoms with E-state index in [2.05, 4.69) is 41.8 Å². The van der Waals surface area contributed by atoms with Gasteiger partial charge in [-0.1, -0.05) is 101 Å². The number of nitrogen functional groups attached to an aromatic ring is 1. The molecule has 0 saturated heterocycles. The number of halogens is 1. The standard InChI is InChI=1S/C23H24N4O4.C12H16BrNO2.C11H9N3O2/c1-23(2,3)31-22(28)24-15-16-9-11-18(12-10-16)25-21-20(27(29)30)14-13-19(26-21)17-7-5-4-6-8-17;1-12(2,3)16-11(15)14-8-9-4-6-10(13)7-5-9;12-11-10(14(15)16)7-6-9(13-11)8-4-2-1-3-5-8/h4-14H,15H2,1-3H3,(H,24,28)(H,25,26);4-7H,8H2,1-3H3,(H,14,15);1-7H,(H2,12,13). The molecule has 2 aromatic heterocycles. The Morgan fingerprint density at radius 3 is 1.43 bits per heavy atom. The molecule has 0 aliphatic rings. The van der Waals surface area contributed by atoms with Crippen molar-refractivity contribution in [2.24, 2.45) is 0 Å². The number of hydrogen-bond donors (Lipinski definition) is 4. The summed E-state index contributed by atoms with van der Waals surface area (Å²) >= 11 is 3.35. The van der Waals surface area contributed by atoms with Gasteiger partial charge < -0.3 is 31.2 Å². The second-order valence-electron chi connectivity index (χ2n) is 15.6. The molecule has 0 fully saturated rings. The predicted molar refractivity (Wildman–Crippen MR) is 247 cm³/mol. The fourth-order valence-corrected chi connectivity index (χ4v) is 5.54. The Kier molecular flexibility index (Phi) is 17.2. The van der Waals surface area contributed by atoms with Gasteiger partial charge in [-0.25, -0.2) is 19.6 Å². The van der Waals surface area contributed by atoms with Gasteiger partial charge >= 0.3 is 23.6 Å². The molecule has 4 aromatic carbocycles. The van der Waals surface area contributed by atoms with Crippen LogP contribution in [0.4, 0.5) is 38.3 Å². The third-order valence-corrected chi connectivity index (χ3v) is 8.64. The minimum Gasteiger partial charge on any atom is -0.444 e. The number of alkyl carbamates (subject to hydrolysis) is 2. The summed E-state index contributed by atoms with van der Waals surface area (Å²) in [5.74, 6) is 0.0948. The van der Waals surface area contributed by atoms with Gasteiger partial charge in [0.25, 0.3) is 0 Å². The van der Waals surface area contributed by atoms with E-state index in [9.17, 15) is 29.8 Å². The molecule has 5 N–H and O–H groups in total. The highest BCUT2D eigenvalue weighted by atomic mass is 79.9. The maximum Gasteiger partial charge on any atom is 0.407 e. The van der Waals surface area contributed by atoms with E-state index in [4.69, 9.17) is 15.2 Å². The molecule has 0 spiro atoms. The van der Waals surface area contributed by atoms with Crippen molar-refractivity contribution in [3.63, 3.8) is 0 Å². The largest absolute Gasteiger partial charge is 0.444 e. The third kappa shape index (κ3) is 16.9. The molecule has 0 saturated carbocycles. The molecule has 6 rings (SSSR count). The average Bonchev–Trinajstić information content (AvgIpc) is 3.23. The van der Waals surface area contributed by atoms with Crippen LogP contribution < -0.4 is 21.7 Å².